The molecule has 0 aliphatic carbocycles. The number of aromatic nitrogens is 3. The number of pyridine rings is 1. The van der Waals surface area contributed by atoms with Crippen molar-refractivity contribution in [1.29, 1.82) is 0 Å². The second kappa shape index (κ2) is 11.4. The molecule has 0 fully saturated rings. The smallest absolute Gasteiger partial charge is 0.258 e. The Labute approximate surface area is 193 Å². The molecule has 2 amide bonds. The van der Waals surface area contributed by atoms with Crippen LogP contribution < -0.4 is 11.1 Å². The van der Waals surface area contributed by atoms with Gasteiger partial charge in [0.1, 0.15) is 5.52 Å². The number of benzene rings is 1. The number of ether oxygens (including phenoxy) is 1. The molecule has 1 aromatic carbocycles. The van der Waals surface area contributed by atoms with Crippen molar-refractivity contribution in [2.75, 3.05) is 37.9 Å². The minimum atomic E-state index is -0.320. The number of fused-ring (bicyclic) bond motifs is 1. The molecule has 0 aliphatic rings. The van der Waals surface area contributed by atoms with Crippen molar-refractivity contribution in [3.63, 3.8) is 0 Å². The van der Waals surface area contributed by atoms with E-state index in [9.17, 15) is 9.59 Å². The van der Waals surface area contributed by atoms with Gasteiger partial charge in [0.25, 0.3) is 11.8 Å². The Hall–Kier alpha value is -3.46. The van der Waals surface area contributed by atoms with Crippen LogP contribution >= 0.6 is 0 Å². The Bertz CT molecular complexity index is 1100. The Balaban J connectivity index is 1.95. The summed E-state index contributed by atoms with van der Waals surface area (Å²) < 4.78 is 7.01. The average Bonchev–Trinajstić information content (AvgIpc) is 3.14. The highest BCUT2D eigenvalue weighted by atomic mass is 16.5. The van der Waals surface area contributed by atoms with Gasteiger partial charge in [0.2, 0.25) is 5.95 Å². The molecule has 3 aromatic rings. The zero-order chi connectivity index (χ0) is 23.8. The van der Waals surface area contributed by atoms with Gasteiger partial charge in [-0.05, 0) is 43.5 Å². The zero-order valence-corrected chi connectivity index (χ0v) is 19.5. The third kappa shape index (κ3) is 5.87. The lowest BCUT2D eigenvalue weighted by Gasteiger charge is -2.21. The molecule has 0 saturated carbocycles. The maximum atomic E-state index is 13.0. The third-order valence-electron chi connectivity index (χ3n) is 5.21. The molecule has 176 valence electrons. The molecular weight excluding hydrogens is 420 g/mol. The van der Waals surface area contributed by atoms with Crippen LogP contribution in [-0.2, 0) is 11.3 Å². The molecular formula is C24H32N6O3. The molecule has 9 heteroatoms. The summed E-state index contributed by atoms with van der Waals surface area (Å²) in [6.45, 7) is 6.59. The molecule has 2 heterocycles. The van der Waals surface area contributed by atoms with E-state index in [0.717, 1.165) is 12.8 Å². The highest BCUT2D eigenvalue weighted by Gasteiger charge is 2.19. The number of methoxy groups -OCH3 is 1. The number of nitrogens with two attached hydrogens (primary N) is 1. The average molecular weight is 453 g/mol. The van der Waals surface area contributed by atoms with E-state index in [1.54, 1.807) is 43.6 Å². The number of aryl methyl sites for hydroxylation is 1. The number of imidazole rings is 1. The second-order valence-corrected chi connectivity index (χ2v) is 7.87. The van der Waals surface area contributed by atoms with Gasteiger partial charge in [-0.2, -0.15) is 0 Å². The topological polar surface area (TPSA) is 115 Å². The largest absolute Gasteiger partial charge is 0.399 e. The maximum absolute atomic E-state index is 13.0. The van der Waals surface area contributed by atoms with E-state index in [1.807, 2.05) is 23.3 Å². The molecule has 0 saturated heterocycles. The highest BCUT2D eigenvalue weighted by Crippen LogP contribution is 2.21. The van der Waals surface area contributed by atoms with E-state index in [1.165, 1.54) is 0 Å². The molecule has 0 spiro atoms. The summed E-state index contributed by atoms with van der Waals surface area (Å²) in [6.07, 6.45) is 4.07. The summed E-state index contributed by atoms with van der Waals surface area (Å²) in [5, 5.41) is 2.86. The van der Waals surface area contributed by atoms with Crippen LogP contribution in [0.15, 0.2) is 36.5 Å². The van der Waals surface area contributed by atoms with Crippen LogP contribution in [0.4, 0.5) is 11.6 Å². The first kappa shape index (κ1) is 24.2. The number of nitrogen functional groups attached to an aromatic ring is 1. The van der Waals surface area contributed by atoms with Crippen LogP contribution in [-0.4, -0.2) is 58.1 Å². The molecule has 0 unspecified atom stereocenters. The van der Waals surface area contributed by atoms with E-state index in [4.69, 9.17) is 10.5 Å². The third-order valence-corrected chi connectivity index (χ3v) is 5.21. The quantitative estimate of drug-likeness (QED) is 0.339. The van der Waals surface area contributed by atoms with E-state index >= 15 is 0 Å². The molecule has 2 aromatic heterocycles. The Kier molecular flexibility index (Phi) is 8.37. The zero-order valence-electron chi connectivity index (χ0n) is 19.5. The summed E-state index contributed by atoms with van der Waals surface area (Å²) in [6, 6.07) is 8.49. The van der Waals surface area contributed by atoms with Crippen LogP contribution in [0.25, 0.3) is 11.2 Å². The van der Waals surface area contributed by atoms with E-state index in [2.05, 4.69) is 15.3 Å². The SMILES string of the molecule is CCCN(CCC)C(=O)c1cnc2c(c1)nc(NC(=O)c1cccc(N)c1)n2CCCOC. The van der Waals surface area contributed by atoms with Crippen LogP contribution in [0.2, 0.25) is 0 Å². The number of rotatable bonds is 11. The highest BCUT2D eigenvalue weighted by molar-refractivity contribution is 6.04. The van der Waals surface area contributed by atoms with Gasteiger partial charge < -0.3 is 15.4 Å². The lowest BCUT2D eigenvalue weighted by atomic mass is 10.2. The number of hydrogen-bond donors (Lipinski definition) is 2. The Morgan fingerprint density at radius 1 is 1.15 bits per heavy atom. The number of amides is 2. The summed E-state index contributed by atoms with van der Waals surface area (Å²) in [5.74, 6) is -0.0176. The molecule has 9 nitrogen and oxygen atoms in total. The van der Waals surface area contributed by atoms with Gasteiger partial charge in [-0.1, -0.05) is 19.9 Å². The standard InChI is InChI=1S/C24H32N6O3/c1-4-10-29(11-5-2)23(32)18-15-20-21(26-16-18)30(12-7-13-33-3)24(27-20)28-22(31)17-8-6-9-19(25)14-17/h6,8-9,14-16H,4-5,7,10-13,25H2,1-3H3,(H,27,28,31). The summed E-state index contributed by atoms with van der Waals surface area (Å²) in [7, 11) is 1.64. The molecule has 0 atom stereocenters. The van der Waals surface area contributed by atoms with Crippen molar-refractivity contribution in [2.24, 2.45) is 0 Å². The van der Waals surface area contributed by atoms with Gasteiger partial charge >= 0.3 is 0 Å². The summed E-state index contributed by atoms with van der Waals surface area (Å²) in [4.78, 5) is 36.8. The molecule has 3 rings (SSSR count). The first-order valence-corrected chi connectivity index (χ1v) is 11.3. The van der Waals surface area contributed by atoms with Gasteiger partial charge in [0.05, 0.1) is 5.56 Å². The number of carbonyl (C=O) groups is 2. The summed E-state index contributed by atoms with van der Waals surface area (Å²) >= 11 is 0. The fraction of sp³-hybridized carbons (Fsp3) is 0.417. The number of nitrogens with one attached hydrogen (secondary N) is 1. The minimum absolute atomic E-state index is 0.0626. The number of hydrogen-bond acceptors (Lipinski definition) is 6. The first-order chi connectivity index (χ1) is 16.0. The minimum Gasteiger partial charge on any atom is -0.399 e. The van der Waals surface area contributed by atoms with Crippen molar-refractivity contribution >= 4 is 34.6 Å². The molecule has 0 radical (unpaired) electrons. The van der Waals surface area contributed by atoms with Crippen molar-refractivity contribution in [1.82, 2.24) is 19.4 Å². The van der Waals surface area contributed by atoms with Crippen LogP contribution in [0.5, 0.6) is 0 Å². The van der Waals surface area contributed by atoms with Crippen molar-refractivity contribution in [2.45, 2.75) is 39.7 Å². The predicted octanol–water partition coefficient (Wildman–Crippen LogP) is 3.56. The second-order valence-electron chi connectivity index (χ2n) is 7.87. The molecule has 33 heavy (non-hydrogen) atoms. The summed E-state index contributed by atoms with van der Waals surface area (Å²) in [5.41, 5.74) is 8.39. The van der Waals surface area contributed by atoms with Crippen LogP contribution in [0.3, 0.4) is 0 Å². The number of anilines is 2. The van der Waals surface area contributed by atoms with Gasteiger partial charge in [-0.15, -0.1) is 0 Å². The van der Waals surface area contributed by atoms with Crippen LogP contribution in [0.1, 0.15) is 53.8 Å². The van der Waals surface area contributed by atoms with Gasteiger partial charge in [-0.25, -0.2) is 9.97 Å². The van der Waals surface area contributed by atoms with Crippen molar-refractivity contribution in [3.8, 4) is 0 Å². The number of carbonyl (C=O) groups excluding carboxylic acids is 2. The monoisotopic (exact) mass is 452 g/mol. The fourth-order valence-corrected chi connectivity index (χ4v) is 3.69. The van der Waals surface area contributed by atoms with E-state index in [-0.39, 0.29) is 11.8 Å². The fourth-order valence-electron chi connectivity index (χ4n) is 3.69. The lowest BCUT2D eigenvalue weighted by Crippen LogP contribution is -2.32. The Morgan fingerprint density at radius 2 is 1.91 bits per heavy atom. The predicted molar refractivity (Wildman–Crippen MR) is 129 cm³/mol. The molecule has 3 N–H and O–H groups in total. The van der Waals surface area contributed by atoms with Gasteiger partial charge in [0.15, 0.2) is 5.65 Å². The van der Waals surface area contributed by atoms with Crippen LogP contribution in [0, 0.1) is 0 Å². The van der Waals surface area contributed by atoms with E-state index in [0.29, 0.717) is 66.6 Å². The van der Waals surface area contributed by atoms with E-state index < -0.39 is 0 Å². The maximum Gasteiger partial charge on any atom is 0.258 e. The van der Waals surface area contributed by atoms with Crippen molar-refractivity contribution in [3.05, 3.63) is 47.7 Å². The number of nitrogens with zero attached hydrogens (tertiary/aromatic N) is 4. The molecule has 0 aliphatic heterocycles. The molecule has 0 bridgehead atoms. The van der Waals surface area contributed by atoms with Crippen molar-refractivity contribution < 1.29 is 14.3 Å². The first-order valence-electron chi connectivity index (χ1n) is 11.3. The normalized spacial score (nSPS) is 11.0. The Morgan fingerprint density at radius 3 is 2.58 bits per heavy atom. The lowest BCUT2D eigenvalue weighted by molar-refractivity contribution is 0.0755. The van der Waals surface area contributed by atoms with Gasteiger partial charge in [0, 0.05) is 50.8 Å². The van der Waals surface area contributed by atoms with Gasteiger partial charge in [-0.3, -0.25) is 19.5 Å².